The molecule has 1 N–H and O–H groups in total. The van der Waals surface area contributed by atoms with E-state index < -0.39 is 5.54 Å². The highest BCUT2D eigenvalue weighted by atomic mass is 15.1. The molecule has 4 aromatic rings. The fraction of sp³-hybridized carbons (Fsp3) is 0.250. The zero-order chi connectivity index (χ0) is 23.7. The molecule has 0 aliphatic heterocycles. The molecule has 3 nitrogen and oxygen atoms in total. The molecule has 35 heavy (non-hydrogen) atoms. The molecule has 1 heterocycles. The average molecular weight is 458 g/mol. The lowest BCUT2D eigenvalue weighted by Crippen LogP contribution is -2.37. The van der Waals surface area contributed by atoms with Gasteiger partial charge in [-0.05, 0) is 53.9 Å². The fourth-order valence-corrected chi connectivity index (χ4v) is 6.46. The zero-order valence-electron chi connectivity index (χ0n) is 19.9. The molecule has 2 aliphatic carbocycles. The summed E-state index contributed by atoms with van der Waals surface area (Å²) in [5, 5.41) is 8.29. The highest BCUT2D eigenvalue weighted by Crippen LogP contribution is 2.46. The van der Waals surface area contributed by atoms with Gasteiger partial charge in [-0.25, -0.2) is 4.98 Å². The molecule has 3 aromatic carbocycles. The SMILES string of the molecule is N=C1C=CC2CCCC(c3cn(C(c4ccccc4)(c4ccccc4)c4ccccc4)cn3)C2C1. The van der Waals surface area contributed by atoms with Crippen LogP contribution in [0.25, 0.3) is 0 Å². The summed E-state index contributed by atoms with van der Waals surface area (Å²) in [4.78, 5) is 5.07. The van der Waals surface area contributed by atoms with Crippen molar-refractivity contribution in [2.24, 2.45) is 11.8 Å². The fourth-order valence-electron chi connectivity index (χ4n) is 6.46. The largest absolute Gasteiger partial charge is 0.319 e. The third-order valence-corrected chi connectivity index (χ3v) is 8.06. The van der Waals surface area contributed by atoms with Gasteiger partial charge in [0.2, 0.25) is 0 Å². The van der Waals surface area contributed by atoms with Gasteiger partial charge in [0.25, 0.3) is 0 Å². The molecule has 0 saturated heterocycles. The van der Waals surface area contributed by atoms with Crippen molar-refractivity contribution in [2.45, 2.75) is 37.1 Å². The molecule has 6 rings (SSSR count). The van der Waals surface area contributed by atoms with Crippen LogP contribution in [-0.4, -0.2) is 15.3 Å². The lowest BCUT2D eigenvalue weighted by atomic mass is 9.66. The second-order valence-corrected chi connectivity index (χ2v) is 9.97. The topological polar surface area (TPSA) is 41.7 Å². The van der Waals surface area contributed by atoms with Crippen LogP contribution in [0, 0.1) is 17.2 Å². The van der Waals surface area contributed by atoms with Crippen LogP contribution in [0.3, 0.4) is 0 Å². The number of aromatic nitrogens is 2. The first-order valence-corrected chi connectivity index (χ1v) is 12.7. The molecule has 1 fully saturated rings. The number of allylic oxidation sites excluding steroid dienone is 2. The second kappa shape index (κ2) is 9.14. The maximum Gasteiger partial charge on any atom is 0.121 e. The molecule has 174 valence electrons. The Kier molecular flexibility index (Phi) is 5.69. The van der Waals surface area contributed by atoms with Crippen molar-refractivity contribution in [2.75, 3.05) is 0 Å². The molecule has 3 atom stereocenters. The highest BCUT2D eigenvalue weighted by molar-refractivity contribution is 5.93. The monoisotopic (exact) mass is 457 g/mol. The minimum absolute atomic E-state index is 0.389. The Bertz CT molecular complexity index is 1220. The van der Waals surface area contributed by atoms with Crippen molar-refractivity contribution in [3.8, 4) is 0 Å². The summed E-state index contributed by atoms with van der Waals surface area (Å²) in [7, 11) is 0. The van der Waals surface area contributed by atoms with Crippen LogP contribution in [0.4, 0.5) is 0 Å². The molecule has 1 aromatic heterocycles. The lowest BCUT2D eigenvalue weighted by molar-refractivity contribution is 0.243. The number of hydrogen-bond acceptors (Lipinski definition) is 2. The minimum atomic E-state index is -0.526. The van der Waals surface area contributed by atoms with Crippen molar-refractivity contribution in [3.63, 3.8) is 0 Å². The summed E-state index contributed by atoms with van der Waals surface area (Å²) in [5.74, 6) is 1.43. The lowest BCUT2D eigenvalue weighted by Gasteiger charge is -2.39. The van der Waals surface area contributed by atoms with Crippen molar-refractivity contribution < 1.29 is 0 Å². The van der Waals surface area contributed by atoms with E-state index >= 15 is 0 Å². The summed E-state index contributed by atoms with van der Waals surface area (Å²) in [6, 6.07) is 32.3. The molecule has 0 radical (unpaired) electrons. The quantitative estimate of drug-likeness (QED) is 0.316. The Balaban J connectivity index is 1.53. The van der Waals surface area contributed by atoms with E-state index in [9.17, 15) is 0 Å². The second-order valence-electron chi connectivity index (χ2n) is 9.97. The Labute approximate surface area is 207 Å². The van der Waals surface area contributed by atoms with Crippen LogP contribution in [-0.2, 0) is 5.54 Å². The maximum atomic E-state index is 8.29. The predicted octanol–water partition coefficient (Wildman–Crippen LogP) is 7.20. The van der Waals surface area contributed by atoms with Gasteiger partial charge in [-0.15, -0.1) is 0 Å². The predicted molar refractivity (Wildman–Crippen MR) is 142 cm³/mol. The molecular formula is C32H31N3. The van der Waals surface area contributed by atoms with Gasteiger partial charge in [-0.1, -0.05) is 103 Å². The molecular weight excluding hydrogens is 426 g/mol. The molecule has 2 aliphatic rings. The summed E-state index contributed by atoms with van der Waals surface area (Å²) >= 11 is 0. The van der Waals surface area contributed by atoms with Gasteiger partial charge in [0, 0.05) is 17.8 Å². The molecule has 1 saturated carbocycles. The zero-order valence-corrected chi connectivity index (χ0v) is 19.9. The molecule has 0 bridgehead atoms. The number of hydrogen-bond donors (Lipinski definition) is 1. The first-order valence-electron chi connectivity index (χ1n) is 12.7. The minimum Gasteiger partial charge on any atom is -0.319 e. The van der Waals surface area contributed by atoms with Gasteiger partial charge in [0.15, 0.2) is 0 Å². The van der Waals surface area contributed by atoms with Crippen LogP contribution in [0.15, 0.2) is 116 Å². The number of nitrogens with zero attached hydrogens (tertiary/aromatic N) is 2. The van der Waals surface area contributed by atoms with Gasteiger partial charge < -0.3 is 9.98 Å². The number of benzene rings is 3. The summed E-state index contributed by atoms with van der Waals surface area (Å²) in [6.45, 7) is 0. The van der Waals surface area contributed by atoms with Crippen molar-refractivity contribution >= 4 is 5.71 Å². The van der Waals surface area contributed by atoms with Crippen molar-refractivity contribution in [3.05, 3.63) is 138 Å². The van der Waals surface area contributed by atoms with Crippen molar-refractivity contribution in [1.82, 2.24) is 9.55 Å². The van der Waals surface area contributed by atoms with E-state index in [1.54, 1.807) is 0 Å². The van der Waals surface area contributed by atoms with E-state index in [-0.39, 0.29) is 0 Å². The summed E-state index contributed by atoms with van der Waals surface area (Å²) < 4.78 is 2.33. The van der Waals surface area contributed by atoms with Crippen LogP contribution < -0.4 is 0 Å². The Hall–Kier alpha value is -3.72. The van der Waals surface area contributed by atoms with E-state index in [2.05, 4.69) is 108 Å². The first-order chi connectivity index (χ1) is 17.3. The van der Waals surface area contributed by atoms with Gasteiger partial charge in [0.05, 0.1) is 12.0 Å². The number of fused-ring (bicyclic) bond motifs is 1. The van der Waals surface area contributed by atoms with E-state index in [0.29, 0.717) is 17.8 Å². The molecule has 0 spiro atoms. The highest BCUT2D eigenvalue weighted by Gasteiger charge is 2.40. The third kappa shape index (κ3) is 3.76. The van der Waals surface area contributed by atoms with E-state index in [4.69, 9.17) is 10.4 Å². The number of nitrogens with one attached hydrogen (secondary N) is 1. The van der Waals surface area contributed by atoms with Gasteiger partial charge in [-0.2, -0.15) is 0 Å². The molecule has 3 heteroatoms. The Morgan fingerprint density at radius 2 is 1.34 bits per heavy atom. The normalized spacial score (nSPS) is 22.1. The van der Waals surface area contributed by atoms with Gasteiger partial charge in [-0.3, -0.25) is 0 Å². The van der Waals surface area contributed by atoms with Crippen LogP contribution in [0.2, 0.25) is 0 Å². The number of rotatable bonds is 5. The van der Waals surface area contributed by atoms with E-state index in [0.717, 1.165) is 24.2 Å². The molecule has 3 unspecified atom stereocenters. The van der Waals surface area contributed by atoms with Crippen LogP contribution in [0.1, 0.15) is 54.0 Å². The maximum absolute atomic E-state index is 8.29. The van der Waals surface area contributed by atoms with Crippen molar-refractivity contribution in [1.29, 1.82) is 5.41 Å². The first kappa shape index (κ1) is 21.8. The van der Waals surface area contributed by atoms with Gasteiger partial charge in [0.1, 0.15) is 5.54 Å². The van der Waals surface area contributed by atoms with E-state index in [1.807, 2.05) is 12.4 Å². The Morgan fingerprint density at radius 1 is 0.771 bits per heavy atom. The van der Waals surface area contributed by atoms with Crippen LogP contribution in [0.5, 0.6) is 0 Å². The standard InChI is InChI=1S/C32H31N3/c33-28-20-19-24-11-10-18-29(30(24)21-28)31-22-35(23-34-31)32(25-12-4-1-5-13-25,26-14-6-2-7-15-26)27-16-8-3-9-17-27/h1-9,12-17,19-20,22-24,29-30,33H,10-11,18,21H2. The van der Waals surface area contributed by atoms with Crippen LogP contribution >= 0.6 is 0 Å². The van der Waals surface area contributed by atoms with Gasteiger partial charge >= 0.3 is 0 Å². The number of imidazole rings is 1. The summed E-state index contributed by atoms with van der Waals surface area (Å²) in [5.41, 5.74) is 5.03. The third-order valence-electron chi connectivity index (χ3n) is 8.06. The Morgan fingerprint density at radius 3 is 1.91 bits per heavy atom. The van der Waals surface area contributed by atoms with E-state index in [1.165, 1.54) is 29.5 Å². The smallest absolute Gasteiger partial charge is 0.121 e. The average Bonchev–Trinajstić information content (AvgIpc) is 3.41. The summed E-state index contributed by atoms with van der Waals surface area (Å²) in [6.07, 6.45) is 13.1. The molecule has 0 amide bonds.